The predicted molar refractivity (Wildman–Crippen MR) is 69.9 cm³/mol. The second kappa shape index (κ2) is 5.72. The molecule has 2 rings (SSSR count). The van der Waals surface area contributed by atoms with E-state index < -0.39 is 0 Å². The van der Waals surface area contributed by atoms with Crippen LogP contribution < -0.4 is 5.32 Å². The molecule has 0 aromatic heterocycles. The van der Waals surface area contributed by atoms with E-state index in [1.165, 1.54) is 0 Å². The van der Waals surface area contributed by atoms with E-state index in [-0.39, 0.29) is 17.9 Å². The highest BCUT2D eigenvalue weighted by Crippen LogP contribution is 2.34. The molecule has 2 unspecified atom stereocenters. The maximum absolute atomic E-state index is 12.4. The summed E-state index contributed by atoms with van der Waals surface area (Å²) in [6.45, 7) is 5.73. The van der Waals surface area contributed by atoms with E-state index in [0.29, 0.717) is 24.8 Å². The van der Waals surface area contributed by atoms with Gasteiger partial charge in [-0.3, -0.25) is 9.59 Å². The minimum Gasteiger partial charge on any atom is -0.344 e. The smallest absolute Gasteiger partial charge is 0.245 e. The Bertz CT molecular complexity index is 326. The Morgan fingerprint density at radius 2 is 2.11 bits per heavy atom. The summed E-state index contributed by atoms with van der Waals surface area (Å²) in [4.78, 5) is 26.0. The molecule has 1 saturated carbocycles. The molecule has 2 fully saturated rings. The first-order chi connectivity index (χ1) is 8.61. The van der Waals surface area contributed by atoms with Gasteiger partial charge in [-0.1, -0.05) is 20.3 Å². The molecule has 102 valence electrons. The van der Waals surface area contributed by atoms with Crippen molar-refractivity contribution in [1.29, 1.82) is 0 Å². The Morgan fingerprint density at radius 3 is 2.72 bits per heavy atom. The highest BCUT2D eigenvalue weighted by atomic mass is 16.2. The molecule has 1 aliphatic heterocycles. The summed E-state index contributed by atoms with van der Waals surface area (Å²) < 4.78 is 0. The lowest BCUT2D eigenvalue weighted by atomic mass is 10.0. The van der Waals surface area contributed by atoms with Crippen molar-refractivity contribution in [2.75, 3.05) is 13.1 Å². The van der Waals surface area contributed by atoms with Crippen molar-refractivity contribution in [1.82, 2.24) is 10.2 Å². The van der Waals surface area contributed by atoms with Gasteiger partial charge in [-0.25, -0.2) is 0 Å². The zero-order chi connectivity index (χ0) is 13.1. The first-order valence-corrected chi connectivity index (χ1v) is 7.20. The number of hydrogen-bond acceptors (Lipinski definition) is 2. The molecular formula is C14H24N2O2. The second-order valence-electron chi connectivity index (χ2n) is 5.81. The fraction of sp³-hybridized carbons (Fsp3) is 0.857. The molecule has 2 aliphatic rings. The molecule has 0 bridgehead atoms. The second-order valence-corrected chi connectivity index (χ2v) is 5.81. The molecule has 2 amide bonds. The van der Waals surface area contributed by atoms with Gasteiger partial charge in [-0.05, 0) is 31.1 Å². The topological polar surface area (TPSA) is 49.4 Å². The SMILES string of the molecule is CCCC(C)CN1CCC(=O)NC(C2CC2)C1=O. The summed E-state index contributed by atoms with van der Waals surface area (Å²) >= 11 is 0. The minimum absolute atomic E-state index is 0.0332. The molecule has 4 heteroatoms. The maximum Gasteiger partial charge on any atom is 0.245 e. The van der Waals surface area contributed by atoms with Gasteiger partial charge in [0.05, 0.1) is 0 Å². The fourth-order valence-corrected chi connectivity index (χ4v) is 2.74. The van der Waals surface area contributed by atoms with Gasteiger partial charge in [0.15, 0.2) is 0 Å². The molecule has 4 nitrogen and oxygen atoms in total. The van der Waals surface area contributed by atoms with Crippen molar-refractivity contribution >= 4 is 11.8 Å². The van der Waals surface area contributed by atoms with Crippen molar-refractivity contribution < 1.29 is 9.59 Å². The van der Waals surface area contributed by atoms with E-state index in [1.807, 2.05) is 4.90 Å². The Morgan fingerprint density at radius 1 is 1.39 bits per heavy atom. The first-order valence-electron chi connectivity index (χ1n) is 7.20. The number of rotatable bonds is 5. The van der Waals surface area contributed by atoms with Crippen LogP contribution in [0.2, 0.25) is 0 Å². The molecule has 18 heavy (non-hydrogen) atoms. The van der Waals surface area contributed by atoms with Crippen molar-refractivity contribution in [2.45, 2.75) is 52.0 Å². The Balaban J connectivity index is 1.99. The lowest BCUT2D eigenvalue weighted by molar-refractivity contribution is -0.134. The Kier molecular flexibility index (Phi) is 4.25. The largest absolute Gasteiger partial charge is 0.344 e. The molecule has 0 spiro atoms. The van der Waals surface area contributed by atoms with Crippen LogP contribution in [0, 0.1) is 11.8 Å². The number of hydrogen-bond donors (Lipinski definition) is 1. The fourth-order valence-electron chi connectivity index (χ4n) is 2.74. The highest BCUT2D eigenvalue weighted by molar-refractivity contribution is 5.90. The first kappa shape index (κ1) is 13.4. The molecule has 1 saturated heterocycles. The average Bonchev–Trinajstić information content (AvgIpc) is 3.14. The zero-order valence-corrected chi connectivity index (χ0v) is 11.4. The summed E-state index contributed by atoms with van der Waals surface area (Å²) in [5.41, 5.74) is 0. The highest BCUT2D eigenvalue weighted by Gasteiger charge is 2.40. The van der Waals surface area contributed by atoms with Gasteiger partial charge < -0.3 is 10.2 Å². The van der Waals surface area contributed by atoms with Crippen LogP contribution in [0.3, 0.4) is 0 Å². The minimum atomic E-state index is -0.242. The van der Waals surface area contributed by atoms with E-state index in [0.717, 1.165) is 32.2 Å². The van der Waals surface area contributed by atoms with Crippen LogP contribution in [0.25, 0.3) is 0 Å². The van der Waals surface area contributed by atoms with Gasteiger partial charge >= 0.3 is 0 Å². The molecule has 0 radical (unpaired) electrons. The van der Waals surface area contributed by atoms with Crippen LogP contribution in [0.5, 0.6) is 0 Å². The van der Waals surface area contributed by atoms with Crippen LogP contribution in [0.1, 0.15) is 46.0 Å². The van der Waals surface area contributed by atoms with Crippen LogP contribution in [0.15, 0.2) is 0 Å². The third-order valence-electron chi connectivity index (χ3n) is 3.91. The van der Waals surface area contributed by atoms with Crippen LogP contribution in [-0.2, 0) is 9.59 Å². The molecule has 1 N–H and O–H groups in total. The molecule has 1 aliphatic carbocycles. The summed E-state index contributed by atoms with van der Waals surface area (Å²) in [5, 5.41) is 2.90. The summed E-state index contributed by atoms with van der Waals surface area (Å²) in [6, 6.07) is -0.242. The van der Waals surface area contributed by atoms with Gasteiger partial charge in [0.25, 0.3) is 0 Å². The summed E-state index contributed by atoms with van der Waals surface area (Å²) in [6.07, 6.45) is 4.89. The van der Waals surface area contributed by atoms with Crippen LogP contribution in [-0.4, -0.2) is 35.8 Å². The van der Waals surface area contributed by atoms with Crippen molar-refractivity contribution in [3.8, 4) is 0 Å². The zero-order valence-electron chi connectivity index (χ0n) is 11.4. The third-order valence-corrected chi connectivity index (χ3v) is 3.91. The van der Waals surface area contributed by atoms with E-state index in [1.54, 1.807) is 0 Å². The lowest BCUT2D eigenvalue weighted by Gasteiger charge is -2.26. The number of carbonyl (C=O) groups is 2. The Hall–Kier alpha value is -1.06. The molecule has 1 heterocycles. The van der Waals surface area contributed by atoms with Crippen molar-refractivity contribution in [3.63, 3.8) is 0 Å². The molecular weight excluding hydrogens is 228 g/mol. The quantitative estimate of drug-likeness (QED) is 0.807. The van der Waals surface area contributed by atoms with Gasteiger partial charge in [0.2, 0.25) is 11.8 Å². The third kappa shape index (κ3) is 3.24. The number of nitrogens with one attached hydrogen (secondary N) is 1. The monoisotopic (exact) mass is 252 g/mol. The lowest BCUT2D eigenvalue weighted by Crippen LogP contribution is -2.47. The molecule has 0 aromatic rings. The van der Waals surface area contributed by atoms with Gasteiger partial charge in [0.1, 0.15) is 6.04 Å². The summed E-state index contributed by atoms with van der Waals surface area (Å²) in [7, 11) is 0. The van der Waals surface area contributed by atoms with Gasteiger partial charge in [0, 0.05) is 19.5 Å². The van der Waals surface area contributed by atoms with Crippen LogP contribution in [0.4, 0.5) is 0 Å². The number of amides is 2. The van der Waals surface area contributed by atoms with E-state index >= 15 is 0 Å². The average molecular weight is 252 g/mol. The Labute approximate surface area is 109 Å². The molecule has 0 aromatic carbocycles. The number of carbonyl (C=O) groups excluding carboxylic acids is 2. The standard InChI is InChI=1S/C14H24N2O2/c1-3-4-10(2)9-16-8-7-12(17)15-13(14(16)18)11-5-6-11/h10-11,13H,3-9H2,1-2H3,(H,15,17). The predicted octanol–water partition coefficient (Wildman–Crippen LogP) is 1.55. The molecule has 2 atom stereocenters. The van der Waals surface area contributed by atoms with Gasteiger partial charge in [-0.2, -0.15) is 0 Å². The van der Waals surface area contributed by atoms with E-state index in [4.69, 9.17) is 0 Å². The number of nitrogens with zero attached hydrogens (tertiary/aromatic N) is 1. The normalized spacial score (nSPS) is 26.8. The summed E-state index contributed by atoms with van der Waals surface area (Å²) in [5.74, 6) is 1.09. The van der Waals surface area contributed by atoms with Crippen molar-refractivity contribution in [3.05, 3.63) is 0 Å². The van der Waals surface area contributed by atoms with Gasteiger partial charge in [-0.15, -0.1) is 0 Å². The maximum atomic E-state index is 12.4. The van der Waals surface area contributed by atoms with E-state index in [9.17, 15) is 9.59 Å². The van der Waals surface area contributed by atoms with Crippen LogP contribution >= 0.6 is 0 Å². The van der Waals surface area contributed by atoms with Crippen molar-refractivity contribution in [2.24, 2.45) is 11.8 Å². The van der Waals surface area contributed by atoms with E-state index in [2.05, 4.69) is 19.2 Å².